The number of rotatable bonds is 3. The van der Waals surface area contributed by atoms with E-state index in [1.165, 1.54) is 12.8 Å². The monoisotopic (exact) mass is 234 g/mol. The first kappa shape index (κ1) is 12.4. The van der Waals surface area contributed by atoms with Crippen molar-refractivity contribution in [3.05, 3.63) is 29.3 Å². The summed E-state index contributed by atoms with van der Waals surface area (Å²) in [7, 11) is 1.67. The van der Waals surface area contributed by atoms with Crippen molar-refractivity contribution in [3.8, 4) is 5.75 Å². The van der Waals surface area contributed by atoms with E-state index in [0.29, 0.717) is 5.92 Å². The SMILES string of the molecule is COc1cc(C)ccc1[C@@](C)(O)C1CCCC1. The van der Waals surface area contributed by atoms with Gasteiger partial charge in [0.25, 0.3) is 0 Å². The van der Waals surface area contributed by atoms with Crippen LogP contribution in [-0.2, 0) is 5.60 Å². The minimum atomic E-state index is -0.768. The van der Waals surface area contributed by atoms with E-state index in [-0.39, 0.29) is 0 Å². The zero-order valence-electron chi connectivity index (χ0n) is 11.0. The summed E-state index contributed by atoms with van der Waals surface area (Å²) < 4.78 is 5.41. The quantitative estimate of drug-likeness (QED) is 0.868. The maximum Gasteiger partial charge on any atom is 0.125 e. The van der Waals surface area contributed by atoms with Crippen LogP contribution in [0.5, 0.6) is 5.75 Å². The first-order valence-electron chi connectivity index (χ1n) is 6.43. The van der Waals surface area contributed by atoms with Gasteiger partial charge in [0.1, 0.15) is 5.75 Å². The third-order valence-electron chi connectivity index (χ3n) is 4.05. The van der Waals surface area contributed by atoms with Crippen molar-refractivity contribution in [1.82, 2.24) is 0 Å². The molecule has 1 N–H and O–H groups in total. The molecule has 1 aliphatic carbocycles. The molecule has 0 aliphatic heterocycles. The zero-order valence-corrected chi connectivity index (χ0v) is 11.0. The van der Waals surface area contributed by atoms with E-state index in [1.807, 2.05) is 32.0 Å². The number of hydrogen-bond acceptors (Lipinski definition) is 2. The number of ether oxygens (including phenoxy) is 1. The summed E-state index contributed by atoms with van der Waals surface area (Å²) in [6, 6.07) is 6.05. The van der Waals surface area contributed by atoms with Crippen molar-refractivity contribution >= 4 is 0 Å². The Labute approximate surface area is 104 Å². The van der Waals surface area contributed by atoms with Gasteiger partial charge < -0.3 is 9.84 Å². The molecule has 1 saturated carbocycles. The molecule has 1 atom stereocenters. The van der Waals surface area contributed by atoms with Crippen LogP contribution in [-0.4, -0.2) is 12.2 Å². The van der Waals surface area contributed by atoms with Crippen LogP contribution in [0.1, 0.15) is 43.7 Å². The highest BCUT2D eigenvalue weighted by molar-refractivity contribution is 5.41. The van der Waals surface area contributed by atoms with E-state index >= 15 is 0 Å². The fourth-order valence-electron chi connectivity index (χ4n) is 2.92. The van der Waals surface area contributed by atoms with Crippen LogP contribution in [0.3, 0.4) is 0 Å². The normalized spacial score (nSPS) is 20.2. The van der Waals surface area contributed by atoms with Crippen LogP contribution in [0.15, 0.2) is 18.2 Å². The van der Waals surface area contributed by atoms with Gasteiger partial charge in [0.2, 0.25) is 0 Å². The molecular formula is C15H22O2. The largest absolute Gasteiger partial charge is 0.496 e. The molecule has 0 bridgehead atoms. The Kier molecular flexibility index (Phi) is 3.43. The molecule has 2 rings (SSSR count). The summed E-state index contributed by atoms with van der Waals surface area (Å²) in [6.45, 7) is 3.97. The van der Waals surface area contributed by atoms with Crippen LogP contribution in [0, 0.1) is 12.8 Å². The molecule has 0 unspecified atom stereocenters. The summed E-state index contributed by atoms with van der Waals surface area (Å²) in [5.41, 5.74) is 1.32. The molecule has 2 nitrogen and oxygen atoms in total. The third-order valence-corrected chi connectivity index (χ3v) is 4.05. The molecule has 2 heteroatoms. The van der Waals surface area contributed by atoms with E-state index in [1.54, 1.807) is 7.11 Å². The van der Waals surface area contributed by atoms with Crippen molar-refractivity contribution in [2.24, 2.45) is 5.92 Å². The second-order valence-corrected chi connectivity index (χ2v) is 5.33. The highest BCUT2D eigenvalue weighted by Crippen LogP contribution is 2.43. The van der Waals surface area contributed by atoms with Gasteiger partial charge in [0.05, 0.1) is 12.7 Å². The van der Waals surface area contributed by atoms with Crippen LogP contribution >= 0.6 is 0 Å². The molecule has 17 heavy (non-hydrogen) atoms. The molecule has 0 spiro atoms. The van der Waals surface area contributed by atoms with E-state index in [2.05, 4.69) is 0 Å². The molecule has 0 saturated heterocycles. The Balaban J connectivity index is 2.37. The molecule has 0 aromatic heterocycles. The number of hydrogen-bond donors (Lipinski definition) is 1. The second kappa shape index (κ2) is 4.69. The van der Waals surface area contributed by atoms with Crippen molar-refractivity contribution in [2.45, 2.75) is 45.1 Å². The minimum absolute atomic E-state index is 0.360. The van der Waals surface area contributed by atoms with Gasteiger partial charge in [-0.1, -0.05) is 25.0 Å². The Morgan fingerprint density at radius 2 is 1.94 bits per heavy atom. The van der Waals surface area contributed by atoms with Gasteiger partial charge in [-0.2, -0.15) is 0 Å². The van der Waals surface area contributed by atoms with Crippen molar-refractivity contribution in [1.29, 1.82) is 0 Å². The highest BCUT2D eigenvalue weighted by Gasteiger charge is 2.37. The molecule has 0 amide bonds. The molecule has 94 valence electrons. The van der Waals surface area contributed by atoms with Crippen molar-refractivity contribution in [3.63, 3.8) is 0 Å². The average molecular weight is 234 g/mol. The van der Waals surface area contributed by atoms with Gasteiger partial charge in [-0.25, -0.2) is 0 Å². The fourth-order valence-corrected chi connectivity index (χ4v) is 2.92. The maximum absolute atomic E-state index is 10.8. The van der Waals surface area contributed by atoms with Crippen LogP contribution in [0.2, 0.25) is 0 Å². The Morgan fingerprint density at radius 3 is 2.53 bits per heavy atom. The van der Waals surface area contributed by atoms with Gasteiger partial charge in [0.15, 0.2) is 0 Å². The van der Waals surface area contributed by atoms with Gasteiger partial charge in [0, 0.05) is 5.56 Å². The number of methoxy groups -OCH3 is 1. The highest BCUT2D eigenvalue weighted by atomic mass is 16.5. The van der Waals surface area contributed by atoms with Crippen molar-refractivity contribution < 1.29 is 9.84 Å². The summed E-state index contributed by atoms with van der Waals surface area (Å²) in [5.74, 6) is 1.17. The lowest BCUT2D eigenvalue weighted by Crippen LogP contribution is -2.30. The fraction of sp³-hybridized carbons (Fsp3) is 0.600. The Hall–Kier alpha value is -1.02. The molecule has 0 heterocycles. The Bertz CT molecular complexity index is 390. The van der Waals surface area contributed by atoms with Crippen LogP contribution in [0.4, 0.5) is 0 Å². The lowest BCUT2D eigenvalue weighted by atomic mass is 9.81. The summed E-state index contributed by atoms with van der Waals surface area (Å²) in [4.78, 5) is 0. The van der Waals surface area contributed by atoms with Gasteiger partial charge in [-0.15, -0.1) is 0 Å². The lowest BCUT2D eigenvalue weighted by molar-refractivity contribution is -0.00527. The molecule has 1 aliphatic rings. The molecule has 0 radical (unpaired) electrons. The topological polar surface area (TPSA) is 29.5 Å². The smallest absolute Gasteiger partial charge is 0.125 e. The summed E-state index contributed by atoms with van der Waals surface area (Å²) >= 11 is 0. The standard InChI is InChI=1S/C15H22O2/c1-11-8-9-13(14(10-11)17-3)15(2,16)12-6-4-5-7-12/h8-10,12,16H,4-7H2,1-3H3/t15-/m0/s1. The second-order valence-electron chi connectivity index (χ2n) is 5.33. The summed E-state index contributed by atoms with van der Waals surface area (Å²) in [5, 5.41) is 10.8. The number of benzene rings is 1. The average Bonchev–Trinajstić information content (AvgIpc) is 2.82. The van der Waals surface area contributed by atoms with Crippen LogP contribution in [0.25, 0.3) is 0 Å². The third kappa shape index (κ3) is 2.32. The minimum Gasteiger partial charge on any atom is -0.496 e. The zero-order chi connectivity index (χ0) is 12.5. The van der Waals surface area contributed by atoms with Gasteiger partial charge in [-0.3, -0.25) is 0 Å². The van der Waals surface area contributed by atoms with E-state index in [0.717, 1.165) is 29.7 Å². The van der Waals surface area contributed by atoms with Gasteiger partial charge >= 0.3 is 0 Å². The maximum atomic E-state index is 10.8. The predicted molar refractivity (Wildman–Crippen MR) is 69.3 cm³/mol. The van der Waals surface area contributed by atoms with E-state index < -0.39 is 5.60 Å². The van der Waals surface area contributed by atoms with E-state index in [9.17, 15) is 5.11 Å². The van der Waals surface area contributed by atoms with E-state index in [4.69, 9.17) is 4.74 Å². The molecule has 1 aromatic rings. The predicted octanol–water partition coefficient (Wildman–Crippen LogP) is 3.40. The van der Waals surface area contributed by atoms with Crippen LogP contribution < -0.4 is 4.74 Å². The number of aryl methyl sites for hydroxylation is 1. The molecule has 1 aromatic carbocycles. The lowest BCUT2D eigenvalue weighted by Gasteiger charge is -2.32. The van der Waals surface area contributed by atoms with Crippen molar-refractivity contribution in [2.75, 3.05) is 7.11 Å². The molecule has 1 fully saturated rings. The molecular weight excluding hydrogens is 212 g/mol. The first-order chi connectivity index (χ1) is 8.05. The number of aliphatic hydroxyl groups is 1. The first-order valence-corrected chi connectivity index (χ1v) is 6.43. The Morgan fingerprint density at radius 1 is 1.29 bits per heavy atom. The summed E-state index contributed by atoms with van der Waals surface area (Å²) in [6.07, 6.45) is 4.69. The van der Waals surface area contributed by atoms with Gasteiger partial charge in [-0.05, 0) is 44.2 Å².